The van der Waals surface area contributed by atoms with Gasteiger partial charge in [-0.15, -0.1) is 0 Å². The first kappa shape index (κ1) is 33.9. The highest BCUT2D eigenvalue weighted by Crippen LogP contribution is 2.41. The molecule has 8 aromatic rings. The number of aromatic nitrogens is 5. The molecule has 2 N–H and O–H groups in total. The predicted molar refractivity (Wildman–Crippen MR) is 222 cm³/mol. The number of para-hydroxylation sites is 1. The SMILES string of the molecule is N=C(c1ccc2ccccc2c1Nc1ccccc1)C1CCCC(c2cccc(-c3cccc(-c4nc(-c5ccccc5)nc(-c5ccncc5)n4)n3)c2)C1. The number of rotatable bonds is 9. The van der Waals surface area contributed by atoms with Crippen LogP contribution in [0.4, 0.5) is 11.4 Å². The smallest absolute Gasteiger partial charge is 0.182 e. The van der Waals surface area contributed by atoms with Crippen LogP contribution in [-0.2, 0) is 0 Å². The van der Waals surface area contributed by atoms with Crippen LogP contribution >= 0.6 is 0 Å². The average Bonchev–Trinajstić information content (AvgIpc) is 3.27. The Morgan fingerprint density at radius 1 is 0.564 bits per heavy atom. The highest BCUT2D eigenvalue weighted by Gasteiger charge is 2.28. The number of anilines is 2. The van der Waals surface area contributed by atoms with Gasteiger partial charge in [-0.2, -0.15) is 0 Å². The Bertz CT molecular complexity index is 2550. The molecule has 1 aliphatic carbocycles. The maximum Gasteiger partial charge on any atom is 0.182 e. The Kier molecular flexibility index (Phi) is 9.41. The van der Waals surface area contributed by atoms with E-state index in [-0.39, 0.29) is 5.92 Å². The summed E-state index contributed by atoms with van der Waals surface area (Å²) in [5.74, 6) is 2.18. The molecule has 9 rings (SSSR count). The normalized spacial score (nSPS) is 15.4. The van der Waals surface area contributed by atoms with E-state index in [1.54, 1.807) is 12.4 Å². The summed E-state index contributed by atoms with van der Waals surface area (Å²) >= 11 is 0. The van der Waals surface area contributed by atoms with E-state index in [1.807, 2.05) is 78.9 Å². The maximum atomic E-state index is 9.61. The van der Waals surface area contributed by atoms with Crippen molar-refractivity contribution in [2.24, 2.45) is 5.92 Å². The number of nitrogens with zero attached hydrogens (tertiary/aromatic N) is 5. The van der Waals surface area contributed by atoms with Crippen molar-refractivity contribution >= 4 is 27.9 Å². The quantitative estimate of drug-likeness (QED) is 0.144. The summed E-state index contributed by atoms with van der Waals surface area (Å²) in [7, 11) is 0. The molecule has 1 aliphatic rings. The Labute approximate surface area is 320 Å². The number of hydrogen-bond acceptors (Lipinski definition) is 7. The van der Waals surface area contributed by atoms with Crippen molar-refractivity contribution in [2.75, 3.05) is 5.32 Å². The monoisotopic (exact) mass is 713 g/mol. The molecule has 3 aromatic heterocycles. The second-order valence-corrected chi connectivity index (χ2v) is 14.1. The lowest BCUT2D eigenvalue weighted by molar-refractivity contribution is 0.389. The largest absolute Gasteiger partial charge is 0.354 e. The van der Waals surface area contributed by atoms with Crippen molar-refractivity contribution in [3.63, 3.8) is 0 Å². The molecule has 266 valence electrons. The lowest BCUT2D eigenvalue weighted by atomic mass is 9.74. The molecule has 7 heteroatoms. The van der Waals surface area contributed by atoms with E-state index in [0.717, 1.165) is 75.8 Å². The van der Waals surface area contributed by atoms with E-state index in [9.17, 15) is 5.41 Å². The molecule has 7 nitrogen and oxygen atoms in total. The fraction of sp³-hybridized carbons (Fsp3) is 0.125. The third kappa shape index (κ3) is 7.25. The summed E-state index contributed by atoms with van der Waals surface area (Å²) in [5, 5.41) is 15.6. The van der Waals surface area contributed by atoms with Crippen molar-refractivity contribution in [1.29, 1.82) is 5.41 Å². The standard InChI is InChI=1S/C48H39N7/c49-44(41-25-24-32-12-7-8-21-40(32)45(41)51-39-19-5-2-6-20-39)38-18-10-16-36(31-38)35-15-9-17-37(30-35)42-22-11-23-43(52-42)48-54-46(33-13-3-1-4-14-33)53-47(55-48)34-26-28-50-29-27-34/h1-9,11-15,17,19-30,36,38,49,51H,10,16,18,31H2. The van der Waals surface area contributed by atoms with Crippen molar-refractivity contribution in [3.8, 4) is 45.6 Å². The van der Waals surface area contributed by atoms with E-state index in [1.165, 1.54) is 5.56 Å². The molecule has 1 fully saturated rings. The van der Waals surface area contributed by atoms with Crippen molar-refractivity contribution in [1.82, 2.24) is 24.9 Å². The zero-order valence-electron chi connectivity index (χ0n) is 30.3. The van der Waals surface area contributed by atoms with Crippen LogP contribution < -0.4 is 5.32 Å². The van der Waals surface area contributed by atoms with Crippen molar-refractivity contribution < 1.29 is 0 Å². The minimum Gasteiger partial charge on any atom is -0.354 e. The van der Waals surface area contributed by atoms with Crippen molar-refractivity contribution in [2.45, 2.75) is 31.6 Å². The highest BCUT2D eigenvalue weighted by atomic mass is 15.0. The third-order valence-corrected chi connectivity index (χ3v) is 10.6. The third-order valence-electron chi connectivity index (χ3n) is 10.6. The molecule has 0 aliphatic heterocycles. The Balaban J connectivity index is 1.00. The zero-order chi connectivity index (χ0) is 37.0. The molecule has 2 unspecified atom stereocenters. The summed E-state index contributed by atoms with van der Waals surface area (Å²) in [4.78, 5) is 23.9. The topological polar surface area (TPSA) is 100 Å². The zero-order valence-corrected chi connectivity index (χ0v) is 30.3. The number of hydrogen-bond donors (Lipinski definition) is 2. The van der Waals surface area contributed by atoms with Gasteiger partial charge in [-0.05, 0) is 78.6 Å². The van der Waals surface area contributed by atoms with Gasteiger partial charge in [0.2, 0.25) is 0 Å². The second-order valence-electron chi connectivity index (χ2n) is 14.1. The van der Waals surface area contributed by atoms with Crippen LogP contribution in [0.3, 0.4) is 0 Å². The summed E-state index contributed by atoms with van der Waals surface area (Å²) in [6, 6.07) is 51.6. The lowest BCUT2D eigenvalue weighted by Gasteiger charge is -2.31. The van der Waals surface area contributed by atoms with Gasteiger partial charge in [0.05, 0.1) is 11.4 Å². The van der Waals surface area contributed by atoms with Gasteiger partial charge in [0.1, 0.15) is 5.69 Å². The van der Waals surface area contributed by atoms with Crippen LogP contribution in [0, 0.1) is 11.3 Å². The first-order valence-electron chi connectivity index (χ1n) is 18.9. The Morgan fingerprint density at radius 2 is 1.24 bits per heavy atom. The fourth-order valence-corrected chi connectivity index (χ4v) is 7.78. The van der Waals surface area contributed by atoms with E-state index in [2.05, 4.69) is 83.1 Å². The predicted octanol–water partition coefficient (Wildman–Crippen LogP) is 11.6. The molecule has 55 heavy (non-hydrogen) atoms. The molecule has 2 atom stereocenters. The van der Waals surface area contributed by atoms with Crippen LogP contribution in [0.5, 0.6) is 0 Å². The van der Waals surface area contributed by atoms with Gasteiger partial charge in [-0.1, -0.05) is 116 Å². The molecule has 0 radical (unpaired) electrons. The van der Waals surface area contributed by atoms with E-state index < -0.39 is 0 Å². The average molecular weight is 714 g/mol. The van der Waals surface area contributed by atoms with Gasteiger partial charge in [0.15, 0.2) is 17.5 Å². The maximum absolute atomic E-state index is 9.61. The molecular weight excluding hydrogens is 675 g/mol. The number of benzene rings is 5. The van der Waals surface area contributed by atoms with Gasteiger partial charge in [0.25, 0.3) is 0 Å². The van der Waals surface area contributed by atoms with Gasteiger partial charge < -0.3 is 10.7 Å². The molecule has 5 aromatic carbocycles. The Morgan fingerprint density at radius 3 is 2.05 bits per heavy atom. The first-order chi connectivity index (χ1) is 27.2. The van der Waals surface area contributed by atoms with Gasteiger partial charge in [-0.25, -0.2) is 19.9 Å². The first-order valence-corrected chi connectivity index (χ1v) is 18.9. The van der Waals surface area contributed by atoms with E-state index >= 15 is 0 Å². The number of nitrogens with one attached hydrogen (secondary N) is 2. The fourth-order valence-electron chi connectivity index (χ4n) is 7.78. The molecule has 0 amide bonds. The number of pyridine rings is 2. The molecular formula is C48H39N7. The molecule has 1 saturated carbocycles. The van der Waals surface area contributed by atoms with Crippen LogP contribution in [0.1, 0.15) is 42.7 Å². The number of fused-ring (bicyclic) bond motifs is 1. The summed E-state index contributed by atoms with van der Waals surface area (Å²) in [5.41, 5.74) is 9.36. The molecule has 0 spiro atoms. The van der Waals surface area contributed by atoms with Crippen LogP contribution in [-0.4, -0.2) is 30.6 Å². The summed E-state index contributed by atoms with van der Waals surface area (Å²) < 4.78 is 0. The molecule has 0 bridgehead atoms. The van der Waals surface area contributed by atoms with Gasteiger partial charge >= 0.3 is 0 Å². The second kappa shape index (κ2) is 15.2. The highest BCUT2D eigenvalue weighted by molar-refractivity contribution is 6.12. The molecule has 0 saturated heterocycles. The lowest BCUT2D eigenvalue weighted by Crippen LogP contribution is -2.23. The van der Waals surface area contributed by atoms with Gasteiger partial charge in [-0.3, -0.25) is 4.98 Å². The molecule has 3 heterocycles. The summed E-state index contributed by atoms with van der Waals surface area (Å²) in [6.45, 7) is 0. The minimum absolute atomic E-state index is 0.151. The minimum atomic E-state index is 0.151. The Hall–Kier alpha value is -6.86. The van der Waals surface area contributed by atoms with E-state index in [0.29, 0.717) is 34.8 Å². The van der Waals surface area contributed by atoms with Gasteiger partial charge in [0, 0.05) is 57.4 Å². The van der Waals surface area contributed by atoms with E-state index in [4.69, 9.17) is 19.9 Å². The summed E-state index contributed by atoms with van der Waals surface area (Å²) in [6.07, 6.45) is 7.60. The van der Waals surface area contributed by atoms with Crippen LogP contribution in [0.15, 0.2) is 164 Å². The van der Waals surface area contributed by atoms with Crippen LogP contribution in [0.25, 0.3) is 56.3 Å². The van der Waals surface area contributed by atoms with Crippen molar-refractivity contribution in [3.05, 3.63) is 175 Å². The van der Waals surface area contributed by atoms with Crippen LogP contribution in [0.2, 0.25) is 0 Å².